The van der Waals surface area contributed by atoms with E-state index in [0.717, 1.165) is 18.3 Å². The number of nitrogens with zero attached hydrogens (tertiary/aromatic N) is 1. The number of Topliss-reactive ketones (excluding diaryl/α,β-unsaturated/α-hetero) is 2. The number of hydrogen-bond acceptors (Lipinski definition) is 12. The fourth-order valence-electron chi connectivity index (χ4n) is 4.09. The molecule has 4 atom stereocenters. The lowest BCUT2D eigenvalue weighted by Crippen LogP contribution is -2.55. The molecule has 1 heterocycles. The van der Waals surface area contributed by atoms with Crippen molar-refractivity contribution in [1.29, 1.82) is 0 Å². The van der Waals surface area contributed by atoms with Crippen molar-refractivity contribution in [2.75, 3.05) is 39.8 Å². The number of aromatic nitrogens is 1. The number of carbonyl (C=O) groups is 4. The van der Waals surface area contributed by atoms with Gasteiger partial charge < -0.3 is 25.2 Å². The fourth-order valence-corrected chi connectivity index (χ4v) is 5.59. The van der Waals surface area contributed by atoms with E-state index in [1.54, 1.807) is 37.3 Å². The minimum absolute atomic E-state index is 0.157. The first-order chi connectivity index (χ1) is 21.1. The summed E-state index contributed by atoms with van der Waals surface area (Å²) in [6.07, 6.45) is -2.47. The molecule has 0 aliphatic heterocycles. The van der Waals surface area contributed by atoms with Gasteiger partial charge in [0.25, 0.3) is 22.5 Å². The van der Waals surface area contributed by atoms with E-state index in [-0.39, 0.29) is 24.5 Å². The number of methoxy groups -OCH3 is 2. The van der Waals surface area contributed by atoms with Crippen LogP contribution in [-0.4, -0.2) is 106 Å². The van der Waals surface area contributed by atoms with Crippen LogP contribution >= 0.6 is 11.3 Å². The molecule has 1 aromatic heterocycles. The molecule has 1 aromatic carbocycles. The van der Waals surface area contributed by atoms with Gasteiger partial charge in [0.15, 0.2) is 11.6 Å². The first-order valence-corrected chi connectivity index (χ1v) is 16.0. The molecule has 0 saturated carbocycles. The molecule has 3 N–H and O–H groups in total. The zero-order chi connectivity index (χ0) is 33.8. The van der Waals surface area contributed by atoms with Crippen LogP contribution in [0.4, 0.5) is 8.78 Å². The summed E-state index contributed by atoms with van der Waals surface area (Å²) in [7, 11) is -2.15. The number of alkyl halides is 2. The standard InChI is InChI=1S/C28H37F2N3O10S2/c1-17-31-12-23(44-17)27(37)33-21(14-42-4)22(34)11-19(13-41-3)26(36)32-20(10-18-8-6-5-7-9-18)25(35)28(2,38)16-43-45(39,40)15-24(29)30/h5-9,12,19-21,24,38H,10-11,13-16H2,1-4H3,(H,32,36)(H,33,37)/t19-,20-,21-,28+/m0/s1. The fraction of sp³-hybridized carbons (Fsp3) is 0.536. The number of aliphatic hydroxyl groups is 1. The Morgan fingerprint density at radius 2 is 1.69 bits per heavy atom. The van der Waals surface area contributed by atoms with Crippen LogP contribution < -0.4 is 10.6 Å². The number of thiazole rings is 1. The largest absolute Gasteiger partial charge is 0.384 e. The number of benzene rings is 1. The third kappa shape index (κ3) is 12.6. The monoisotopic (exact) mass is 677 g/mol. The van der Waals surface area contributed by atoms with Gasteiger partial charge in [0, 0.05) is 20.6 Å². The summed E-state index contributed by atoms with van der Waals surface area (Å²) in [5.74, 6) is -5.82. The van der Waals surface area contributed by atoms with E-state index >= 15 is 0 Å². The highest BCUT2D eigenvalue weighted by Gasteiger charge is 2.40. The summed E-state index contributed by atoms with van der Waals surface area (Å²) in [6.45, 7) is 0.994. The summed E-state index contributed by atoms with van der Waals surface area (Å²) in [5, 5.41) is 16.5. The van der Waals surface area contributed by atoms with Gasteiger partial charge in [-0.05, 0) is 25.8 Å². The number of hydrogen-bond donors (Lipinski definition) is 3. The molecule has 0 unspecified atom stereocenters. The molecule has 0 bridgehead atoms. The van der Waals surface area contributed by atoms with Crippen LogP contribution in [0.5, 0.6) is 0 Å². The maximum atomic E-state index is 13.5. The number of ether oxygens (including phenoxy) is 2. The van der Waals surface area contributed by atoms with Gasteiger partial charge in [-0.15, -0.1) is 11.3 Å². The molecular weight excluding hydrogens is 640 g/mol. The molecule has 2 aromatic rings. The van der Waals surface area contributed by atoms with Crippen molar-refractivity contribution in [3.05, 3.63) is 52.0 Å². The third-order valence-electron chi connectivity index (χ3n) is 6.35. The van der Waals surface area contributed by atoms with Crippen LogP contribution in [0.2, 0.25) is 0 Å². The van der Waals surface area contributed by atoms with Gasteiger partial charge in [-0.2, -0.15) is 8.42 Å². The highest BCUT2D eigenvalue weighted by Crippen LogP contribution is 2.17. The molecular formula is C28H37F2N3O10S2. The Bertz CT molecular complexity index is 1400. The quantitative estimate of drug-likeness (QED) is 0.170. The summed E-state index contributed by atoms with van der Waals surface area (Å²) >= 11 is 1.13. The Hall–Kier alpha value is -3.22. The molecule has 0 aliphatic carbocycles. The Balaban J connectivity index is 2.25. The van der Waals surface area contributed by atoms with Crippen molar-refractivity contribution in [3.8, 4) is 0 Å². The second-order valence-corrected chi connectivity index (χ2v) is 13.2. The molecule has 45 heavy (non-hydrogen) atoms. The first-order valence-electron chi connectivity index (χ1n) is 13.6. The van der Waals surface area contributed by atoms with Crippen LogP contribution in [-0.2, 0) is 44.6 Å². The lowest BCUT2D eigenvalue weighted by atomic mass is 9.90. The van der Waals surface area contributed by atoms with E-state index in [4.69, 9.17) is 9.47 Å². The first kappa shape index (κ1) is 38.0. The molecule has 0 spiro atoms. The Morgan fingerprint density at radius 1 is 1.04 bits per heavy atom. The van der Waals surface area contributed by atoms with Gasteiger partial charge in [-0.3, -0.25) is 23.4 Å². The van der Waals surface area contributed by atoms with Gasteiger partial charge in [0.05, 0.1) is 36.4 Å². The summed E-state index contributed by atoms with van der Waals surface area (Å²) < 4.78 is 63.4. The van der Waals surface area contributed by atoms with Crippen molar-refractivity contribution in [2.45, 2.75) is 50.8 Å². The molecule has 17 heteroatoms. The van der Waals surface area contributed by atoms with Crippen LogP contribution in [0, 0.1) is 12.8 Å². The number of rotatable bonds is 20. The third-order valence-corrected chi connectivity index (χ3v) is 8.40. The van der Waals surface area contributed by atoms with Crippen LogP contribution in [0.25, 0.3) is 0 Å². The maximum absolute atomic E-state index is 13.5. The number of halogens is 2. The molecule has 13 nitrogen and oxygen atoms in total. The SMILES string of the molecule is COC[C@H](CC(=O)[C@H](COC)NC(=O)c1cnc(C)s1)C(=O)N[C@@H](Cc1ccccc1)C(=O)[C@](C)(O)COS(=O)(=O)CC(F)F. The van der Waals surface area contributed by atoms with Crippen molar-refractivity contribution in [1.82, 2.24) is 15.6 Å². The average molecular weight is 678 g/mol. The molecule has 2 rings (SSSR count). The van der Waals surface area contributed by atoms with E-state index in [1.165, 1.54) is 20.4 Å². The number of carbonyl (C=O) groups excluding carboxylic acids is 4. The van der Waals surface area contributed by atoms with E-state index < -0.39 is 82.3 Å². The summed E-state index contributed by atoms with van der Waals surface area (Å²) in [5.41, 5.74) is -1.98. The predicted octanol–water partition coefficient (Wildman–Crippen LogP) is 1.08. The topological polar surface area (TPSA) is 187 Å². The number of amides is 2. The van der Waals surface area contributed by atoms with Gasteiger partial charge in [-0.25, -0.2) is 13.8 Å². The van der Waals surface area contributed by atoms with Crippen LogP contribution in [0.1, 0.15) is 33.6 Å². The van der Waals surface area contributed by atoms with Crippen molar-refractivity contribution in [3.63, 3.8) is 0 Å². The van der Waals surface area contributed by atoms with Gasteiger partial charge in [0.1, 0.15) is 28.9 Å². The highest BCUT2D eigenvalue weighted by molar-refractivity contribution is 7.86. The predicted molar refractivity (Wildman–Crippen MR) is 158 cm³/mol. The normalized spacial score (nSPS) is 15.1. The van der Waals surface area contributed by atoms with E-state index in [0.29, 0.717) is 10.6 Å². The second-order valence-electron chi connectivity index (χ2n) is 10.3. The maximum Gasteiger partial charge on any atom is 0.273 e. The van der Waals surface area contributed by atoms with E-state index in [9.17, 15) is 41.5 Å². The number of nitrogens with one attached hydrogen (secondary N) is 2. The highest BCUT2D eigenvalue weighted by atomic mass is 32.2. The molecule has 0 fully saturated rings. The summed E-state index contributed by atoms with van der Waals surface area (Å²) in [6, 6.07) is 5.74. The molecule has 0 radical (unpaired) electrons. The zero-order valence-electron chi connectivity index (χ0n) is 25.2. The average Bonchev–Trinajstić information content (AvgIpc) is 3.41. The van der Waals surface area contributed by atoms with Crippen molar-refractivity contribution < 1.29 is 55.1 Å². The van der Waals surface area contributed by atoms with Crippen LogP contribution in [0.15, 0.2) is 36.5 Å². The van der Waals surface area contributed by atoms with Crippen LogP contribution in [0.3, 0.4) is 0 Å². The van der Waals surface area contributed by atoms with Crippen molar-refractivity contribution in [2.24, 2.45) is 5.92 Å². The Morgan fingerprint density at radius 3 is 2.24 bits per heavy atom. The lowest BCUT2D eigenvalue weighted by Gasteiger charge is -2.29. The molecule has 0 aliphatic rings. The van der Waals surface area contributed by atoms with Gasteiger partial charge >= 0.3 is 0 Å². The Labute approximate surface area is 263 Å². The van der Waals surface area contributed by atoms with Crippen molar-refractivity contribution >= 4 is 44.8 Å². The number of aryl methyl sites for hydroxylation is 1. The molecule has 2 amide bonds. The summed E-state index contributed by atoms with van der Waals surface area (Å²) in [4.78, 5) is 57.1. The zero-order valence-corrected chi connectivity index (χ0v) is 26.8. The smallest absolute Gasteiger partial charge is 0.273 e. The minimum atomic E-state index is -4.77. The molecule has 250 valence electrons. The second kappa shape index (κ2) is 17.5. The molecule has 0 saturated heterocycles. The number of ketones is 2. The Kier molecular flexibility index (Phi) is 14.7. The van der Waals surface area contributed by atoms with E-state index in [1.807, 2.05) is 0 Å². The minimum Gasteiger partial charge on any atom is -0.384 e. The van der Waals surface area contributed by atoms with Gasteiger partial charge in [0.2, 0.25) is 5.91 Å². The van der Waals surface area contributed by atoms with Gasteiger partial charge in [-0.1, -0.05) is 30.3 Å². The lowest BCUT2D eigenvalue weighted by molar-refractivity contribution is -0.143. The van der Waals surface area contributed by atoms with E-state index in [2.05, 4.69) is 19.8 Å².